The maximum atomic E-state index is 12.5. The van der Waals surface area contributed by atoms with Crippen LogP contribution >= 0.6 is 0 Å². The van der Waals surface area contributed by atoms with Crippen LogP contribution in [0, 0.1) is 5.92 Å². The van der Waals surface area contributed by atoms with Crippen LogP contribution < -0.4 is 0 Å². The van der Waals surface area contributed by atoms with Crippen molar-refractivity contribution in [3.05, 3.63) is 0 Å². The van der Waals surface area contributed by atoms with E-state index < -0.39 is 0 Å². The van der Waals surface area contributed by atoms with E-state index in [4.69, 9.17) is 4.74 Å². The first-order chi connectivity index (χ1) is 19.8. The summed E-state index contributed by atoms with van der Waals surface area (Å²) in [5.74, 6) is 0.210. The zero-order chi connectivity index (χ0) is 29.2. The fraction of sp³-hybridized carbons (Fsp3) is 0.974. The van der Waals surface area contributed by atoms with Gasteiger partial charge in [0.15, 0.2) is 0 Å². The highest BCUT2D eigenvalue weighted by molar-refractivity contribution is 5.72. The molecule has 0 aromatic rings. The van der Waals surface area contributed by atoms with Crippen LogP contribution in [-0.2, 0) is 9.53 Å². The molecule has 0 N–H and O–H groups in total. The second kappa shape index (κ2) is 34.7. The normalized spacial score (nSPS) is 12.2. The molecule has 0 aromatic heterocycles. The predicted octanol–water partition coefficient (Wildman–Crippen LogP) is 13.7. The molecule has 0 amide bonds. The van der Waals surface area contributed by atoms with Gasteiger partial charge in [-0.1, -0.05) is 206 Å². The van der Waals surface area contributed by atoms with Gasteiger partial charge < -0.3 is 4.74 Å². The van der Waals surface area contributed by atoms with Crippen LogP contribution in [0.5, 0.6) is 0 Å². The van der Waals surface area contributed by atoms with Gasteiger partial charge in [-0.3, -0.25) is 4.79 Å². The Labute approximate surface area is 254 Å². The summed E-state index contributed by atoms with van der Waals surface area (Å²) in [5, 5.41) is 0. The van der Waals surface area contributed by atoms with E-state index in [0.717, 1.165) is 12.8 Å². The topological polar surface area (TPSA) is 26.3 Å². The third-order valence-electron chi connectivity index (χ3n) is 8.93. The highest BCUT2D eigenvalue weighted by Crippen LogP contribution is 2.21. The molecular formula is C38H76O2. The smallest absolute Gasteiger partial charge is 0.308 e. The first kappa shape index (κ1) is 39.5. The Morgan fingerprint density at radius 2 is 0.600 bits per heavy atom. The van der Waals surface area contributed by atoms with E-state index in [0.29, 0.717) is 6.61 Å². The summed E-state index contributed by atoms with van der Waals surface area (Å²) in [4.78, 5) is 12.5. The van der Waals surface area contributed by atoms with Gasteiger partial charge in [0.05, 0.1) is 12.5 Å². The van der Waals surface area contributed by atoms with Crippen molar-refractivity contribution in [3.63, 3.8) is 0 Å². The summed E-state index contributed by atoms with van der Waals surface area (Å²) in [6.07, 6.45) is 43.8. The first-order valence-electron chi connectivity index (χ1n) is 18.9. The Balaban J connectivity index is 3.59. The van der Waals surface area contributed by atoms with Gasteiger partial charge in [0.25, 0.3) is 0 Å². The molecule has 1 atom stereocenters. The van der Waals surface area contributed by atoms with E-state index in [-0.39, 0.29) is 11.9 Å². The number of hydrogen-bond donors (Lipinski definition) is 0. The molecule has 240 valence electrons. The molecular weight excluding hydrogens is 488 g/mol. The number of rotatable bonds is 34. The molecule has 0 aromatic carbocycles. The molecule has 0 aliphatic heterocycles. The fourth-order valence-corrected chi connectivity index (χ4v) is 6.16. The highest BCUT2D eigenvalue weighted by atomic mass is 16.5. The van der Waals surface area contributed by atoms with Crippen LogP contribution in [0.1, 0.15) is 226 Å². The number of hydrogen-bond acceptors (Lipinski definition) is 2. The van der Waals surface area contributed by atoms with Crippen molar-refractivity contribution in [2.75, 3.05) is 6.61 Å². The van der Waals surface area contributed by atoms with Gasteiger partial charge in [-0.15, -0.1) is 0 Å². The summed E-state index contributed by atoms with van der Waals surface area (Å²) in [5.41, 5.74) is 0. The summed E-state index contributed by atoms with van der Waals surface area (Å²) in [6, 6.07) is 0. The lowest BCUT2D eigenvalue weighted by Crippen LogP contribution is -2.18. The third-order valence-corrected chi connectivity index (χ3v) is 8.93. The van der Waals surface area contributed by atoms with Crippen molar-refractivity contribution in [3.8, 4) is 0 Å². The molecule has 0 heterocycles. The number of ether oxygens (including phenoxy) is 1. The van der Waals surface area contributed by atoms with E-state index in [1.54, 1.807) is 0 Å². The van der Waals surface area contributed by atoms with E-state index in [9.17, 15) is 4.79 Å². The van der Waals surface area contributed by atoms with E-state index >= 15 is 0 Å². The Hall–Kier alpha value is -0.530. The second-order valence-electron chi connectivity index (χ2n) is 12.9. The SMILES string of the molecule is CCCCCCCCCCCCCCCCCC[C@@H](CCCCCCCCCCCCCCCC)C(=O)OCC. The lowest BCUT2D eigenvalue weighted by Gasteiger charge is -2.15. The van der Waals surface area contributed by atoms with Crippen LogP contribution in [0.15, 0.2) is 0 Å². The largest absolute Gasteiger partial charge is 0.466 e. The summed E-state index contributed by atoms with van der Waals surface area (Å²) in [6.45, 7) is 7.05. The average molecular weight is 565 g/mol. The molecule has 40 heavy (non-hydrogen) atoms. The Kier molecular flexibility index (Phi) is 34.2. The fourth-order valence-electron chi connectivity index (χ4n) is 6.16. The molecule has 0 saturated carbocycles. The summed E-state index contributed by atoms with van der Waals surface area (Å²) >= 11 is 0. The molecule has 0 spiro atoms. The number of carbonyl (C=O) groups excluding carboxylic acids is 1. The molecule has 2 nitrogen and oxygen atoms in total. The van der Waals surface area contributed by atoms with Crippen LogP contribution in [0.4, 0.5) is 0 Å². The maximum absolute atomic E-state index is 12.5. The third kappa shape index (κ3) is 30.4. The van der Waals surface area contributed by atoms with E-state index in [2.05, 4.69) is 13.8 Å². The monoisotopic (exact) mass is 565 g/mol. The molecule has 0 aliphatic rings. The Morgan fingerprint density at radius 1 is 0.375 bits per heavy atom. The molecule has 0 fully saturated rings. The minimum atomic E-state index is 0.0677. The van der Waals surface area contributed by atoms with Gasteiger partial charge >= 0.3 is 5.97 Å². The molecule has 0 unspecified atom stereocenters. The van der Waals surface area contributed by atoms with Crippen LogP contribution in [0.2, 0.25) is 0 Å². The van der Waals surface area contributed by atoms with Gasteiger partial charge in [-0.05, 0) is 19.8 Å². The average Bonchev–Trinajstić information content (AvgIpc) is 2.96. The molecule has 0 saturated heterocycles. The van der Waals surface area contributed by atoms with Crippen molar-refractivity contribution in [1.29, 1.82) is 0 Å². The van der Waals surface area contributed by atoms with Crippen LogP contribution in [0.25, 0.3) is 0 Å². The van der Waals surface area contributed by atoms with Crippen molar-refractivity contribution in [1.82, 2.24) is 0 Å². The van der Waals surface area contributed by atoms with Crippen molar-refractivity contribution in [2.45, 2.75) is 226 Å². The molecule has 0 radical (unpaired) electrons. The second-order valence-corrected chi connectivity index (χ2v) is 12.9. The molecule has 2 heteroatoms. The number of esters is 1. The van der Waals surface area contributed by atoms with Gasteiger partial charge in [0.2, 0.25) is 0 Å². The first-order valence-corrected chi connectivity index (χ1v) is 18.9. The van der Waals surface area contributed by atoms with Gasteiger partial charge in [-0.2, -0.15) is 0 Å². The summed E-state index contributed by atoms with van der Waals surface area (Å²) in [7, 11) is 0. The standard InChI is InChI=1S/C38H76O2/c1-4-7-9-11-13-15-17-19-21-22-24-26-28-30-32-34-36-37(38(39)40-6-3)35-33-31-29-27-25-23-20-18-16-14-12-10-8-5-2/h37H,4-36H2,1-3H3/t37-/m1/s1. The zero-order valence-corrected chi connectivity index (χ0v) is 28.2. The molecule has 0 bridgehead atoms. The lowest BCUT2D eigenvalue weighted by molar-refractivity contribution is -0.148. The van der Waals surface area contributed by atoms with Crippen LogP contribution in [0.3, 0.4) is 0 Å². The minimum absolute atomic E-state index is 0.0677. The van der Waals surface area contributed by atoms with Crippen molar-refractivity contribution < 1.29 is 9.53 Å². The minimum Gasteiger partial charge on any atom is -0.466 e. The van der Waals surface area contributed by atoms with Crippen molar-refractivity contribution in [2.24, 2.45) is 5.92 Å². The Morgan fingerprint density at radius 3 is 0.825 bits per heavy atom. The van der Waals surface area contributed by atoms with E-state index in [1.165, 1.54) is 193 Å². The quantitative estimate of drug-likeness (QED) is 0.0574. The van der Waals surface area contributed by atoms with E-state index in [1.807, 2.05) is 6.92 Å². The lowest BCUT2D eigenvalue weighted by atomic mass is 9.94. The zero-order valence-electron chi connectivity index (χ0n) is 28.2. The van der Waals surface area contributed by atoms with Gasteiger partial charge in [-0.25, -0.2) is 0 Å². The number of unbranched alkanes of at least 4 members (excludes halogenated alkanes) is 28. The summed E-state index contributed by atoms with van der Waals surface area (Å²) < 4.78 is 5.41. The molecule has 0 aliphatic carbocycles. The Bertz CT molecular complexity index is 474. The highest BCUT2D eigenvalue weighted by Gasteiger charge is 2.18. The van der Waals surface area contributed by atoms with Crippen molar-refractivity contribution >= 4 is 5.97 Å². The molecule has 0 rings (SSSR count). The van der Waals surface area contributed by atoms with Crippen LogP contribution in [-0.4, -0.2) is 12.6 Å². The predicted molar refractivity (Wildman–Crippen MR) is 179 cm³/mol. The number of carbonyl (C=O) groups is 1. The van der Waals surface area contributed by atoms with Gasteiger partial charge in [0.1, 0.15) is 0 Å². The maximum Gasteiger partial charge on any atom is 0.308 e. The van der Waals surface area contributed by atoms with Gasteiger partial charge in [0, 0.05) is 0 Å².